The number of nitrogens with two attached hydrogens (primary N) is 1. The molecular formula is C17H19N7O. The monoisotopic (exact) mass is 337 g/mol. The lowest BCUT2D eigenvalue weighted by Gasteiger charge is -2.19. The molecule has 8 heteroatoms. The second-order valence-electron chi connectivity index (χ2n) is 6.57. The van der Waals surface area contributed by atoms with Crippen molar-refractivity contribution in [1.29, 1.82) is 0 Å². The van der Waals surface area contributed by atoms with Crippen molar-refractivity contribution in [1.82, 2.24) is 30.0 Å². The number of rotatable bonds is 3. The Bertz CT molecular complexity index is 880. The Labute approximate surface area is 145 Å². The molecule has 1 amide bonds. The van der Waals surface area contributed by atoms with Gasteiger partial charge in [0, 0.05) is 17.9 Å². The summed E-state index contributed by atoms with van der Waals surface area (Å²) >= 11 is 0. The van der Waals surface area contributed by atoms with E-state index in [0.29, 0.717) is 22.9 Å². The quantitative estimate of drug-likeness (QED) is 0.754. The molecule has 0 saturated carbocycles. The highest BCUT2D eigenvalue weighted by atomic mass is 16.2. The number of hydrogen-bond acceptors (Lipinski definition) is 6. The summed E-state index contributed by atoms with van der Waals surface area (Å²) in [5.74, 6) is 0.220. The van der Waals surface area contributed by atoms with Crippen LogP contribution in [0.5, 0.6) is 0 Å². The molecule has 3 heterocycles. The molecule has 3 N–H and O–H groups in total. The van der Waals surface area contributed by atoms with Gasteiger partial charge >= 0.3 is 0 Å². The van der Waals surface area contributed by atoms with Gasteiger partial charge in [-0.15, -0.1) is 0 Å². The second-order valence-corrected chi connectivity index (χ2v) is 6.57. The lowest BCUT2D eigenvalue weighted by Crippen LogP contribution is -2.40. The molecule has 3 rings (SSSR count). The number of carbonyl (C=O) groups is 1. The number of anilines is 1. The molecule has 0 aromatic carbocycles. The maximum absolute atomic E-state index is 12.5. The molecule has 0 atom stereocenters. The SMILES string of the molecule is CC(C)(C)NC(=O)c1cc(-c2ccc(N)cn2)n(-c2cnccn2)n1. The summed E-state index contributed by atoms with van der Waals surface area (Å²) < 4.78 is 1.54. The Hall–Kier alpha value is -3.29. The first-order valence-corrected chi connectivity index (χ1v) is 7.74. The van der Waals surface area contributed by atoms with E-state index in [0.717, 1.165) is 0 Å². The molecule has 0 saturated heterocycles. The van der Waals surface area contributed by atoms with Gasteiger partial charge in [-0.2, -0.15) is 5.10 Å². The standard InChI is InChI=1S/C17H19N7O/c1-17(2,3)22-16(25)13-8-14(12-5-4-11(18)9-21-12)24(23-13)15-10-19-6-7-20-15/h4-10H,18H2,1-3H3,(H,22,25). The second kappa shape index (κ2) is 6.31. The molecule has 0 aliphatic carbocycles. The molecule has 0 bridgehead atoms. The Balaban J connectivity index is 2.09. The summed E-state index contributed by atoms with van der Waals surface area (Å²) in [6.45, 7) is 5.73. The molecule has 3 aromatic heterocycles. The Kier molecular flexibility index (Phi) is 4.18. The zero-order valence-corrected chi connectivity index (χ0v) is 14.3. The third kappa shape index (κ3) is 3.79. The zero-order chi connectivity index (χ0) is 18.0. The van der Waals surface area contributed by atoms with E-state index in [2.05, 4.69) is 25.4 Å². The minimum atomic E-state index is -0.368. The van der Waals surface area contributed by atoms with Crippen molar-refractivity contribution < 1.29 is 4.79 Å². The first kappa shape index (κ1) is 16.6. The summed E-state index contributed by atoms with van der Waals surface area (Å²) in [6.07, 6.45) is 6.25. The van der Waals surface area contributed by atoms with Crippen molar-refractivity contribution in [2.24, 2.45) is 0 Å². The summed E-state index contributed by atoms with van der Waals surface area (Å²) in [6, 6.07) is 5.18. The van der Waals surface area contributed by atoms with Crippen molar-refractivity contribution in [3.05, 3.63) is 48.7 Å². The molecule has 128 valence electrons. The maximum Gasteiger partial charge on any atom is 0.272 e. The van der Waals surface area contributed by atoms with Gasteiger partial charge in [0.25, 0.3) is 5.91 Å². The summed E-state index contributed by atoms with van der Waals surface area (Å²) in [5.41, 5.74) is 7.42. The molecule has 0 radical (unpaired) electrons. The number of pyridine rings is 1. The minimum Gasteiger partial charge on any atom is -0.397 e. The number of carbonyl (C=O) groups excluding carboxylic acids is 1. The third-order valence-electron chi connectivity index (χ3n) is 3.25. The molecular weight excluding hydrogens is 318 g/mol. The number of nitrogen functional groups attached to an aromatic ring is 1. The van der Waals surface area contributed by atoms with Crippen LogP contribution < -0.4 is 11.1 Å². The van der Waals surface area contributed by atoms with Crippen molar-refractivity contribution in [2.75, 3.05) is 5.73 Å². The van der Waals surface area contributed by atoms with E-state index in [-0.39, 0.29) is 17.1 Å². The van der Waals surface area contributed by atoms with Crippen molar-refractivity contribution in [2.45, 2.75) is 26.3 Å². The summed E-state index contributed by atoms with van der Waals surface area (Å²) in [5, 5.41) is 7.29. The van der Waals surface area contributed by atoms with Crippen LogP contribution in [-0.2, 0) is 0 Å². The molecule has 25 heavy (non-hydrogen) atoms. The summed E-state index contributed by atoms with van der Waals surface area (Å²) in [7, 11) is 0. The average Bonchev–Trinajstić information content (AvgIpc) is 3.00. The molecule has 3 aromatic rings. The van der Waals surface area contributed by atoms with Crippen LogP contribution in [0, 0.1) is 0 Å². The van der Waals surface area contributed by atoms with E-state index in [1.165, 1.54) is 0 Å². The van der Waals surface area contributed by atoms with Gasteiger partial charge in [-0.25, -0.2) is 9.67 Å². The van der Waals surface area contributed by atoms with Crippen LogP contribution in [0.4, 0.5) is 5.69 Å². The van der Waals surface area contributed by atoms with E-state index < -0.39 is 0 Å². The number of hydrogen-bond donors (Lipinski definition) is 2. The lowest BCUT2D eigenvalue weighted by molar-refractivity contribution is 0.0914. The van der Waals surface area contributed by atoms with E-state index >= 15 is 0 Å². The van der Waals surface area contributed by atoms with Crippen LogP contribution in [0.15, 0.2) is 43.0 Å². The van der Waals surface area contributed by atoms with Crippen LogP contribution in [0.2, 0.25) is 0 Å². The molecule has 0 fully saturated rings. The van der Waals surface area contributed by atoms with Gasteiger partial charge in [-0.3, -0.25) is 14.8 Å². The van der Waals surface area contributed by atoms with Crippen LogP contribution in [0.3, 0.4) is 0 Å². The van der Waals surface area contributed by atoms with Crippen LogP contribution in [-0.4, -0.2) is 36.2 Å². The van der Waals surface area contributed by atoms with Gasteiger partial charge in [-0.05, 0) is 39.0 Å². The van der Waals surface area contributed by atoms with Crippen LogP contribution in [0.25, 0.3) is 17.2 Å². The van der Waals surface area contributed by atoms with Gasteiger partial charge in [-0.1, -0.05) is 0 Å². The van der Waals surface area contributed by atoms with E-state index in [1.807, 2.05) is 20.8 Å². The van der Waals surface area contributed by atoms with Gasteiger partial charge in [0.05, 0.1) is 29.5 Å². The highest BCUT2D eigenvalue weighted by molar-refractivity contribution is 5.94. The lowest BCUT2D eigenvalue weighted by atomic mass is 10.1. The van der Waals surface area contributed by atoms with Crippen molar-refractivity contribution in [3.63, 3.8) is 0 Å². The first-order chi connectivity index (χ1) is 11.8. The molecule has 0 aliphatic heterocycles. The normalized spacial score (nSPS) is 11.3. The van der Waals surface area contributed by atoms with E-state index in [4.69, 9.17) is 5.73 Å². The topological polar surface area (TPSA) is 112 Å². The number of aromatic nitrogens is 5. The van der Waals surface area contributed by atoms with Crippen molar-refractivity contribution in [3.8, 4) is 17.2 Å². The average molecular weight is 337 g/mol. The zero-order valence-electron chi connectivity index (χ0n) is 14.3. The number of nitrogens with zero attached hydrogens (tertiary/aromatic N) is 5. The van der Waals surface area contributed by atoms with Crippen LogP contribution >= 0.6 is 0 Å². The number of nitrogens with one attached hydrogen (secondary N) is 1. The fourth-order valence-corrected chi connectivity index (χ4v) is 2.21. The fourth-order valence-electron chi connectivity index (χ4n) is 2.21. The number of amides is 1. The fraction of sp³-hybridized carbons (Fsp3) is 0.235. The molecule has 0 spiro atoms. The van der Waals surface area contributed by atoms with E-state index in [9.17, 15) is 4.79 Å². The van der Waals surface area contributed by atoms with Crippen molar-refractivity contribution >= 4 is 11.6 Å². The van der Waals surface area contributed by atoms with E-state index in [1.54, 1.807) is 47.7 Å². The van der Waals surface area contributed by atoms with Gasteiger partial charge in [0.1, 0.15) is 0 Å². The van der Waals surface area contributed by atoms with Gasteiger partial charge < -0.3 is 11.1 Å². The summed E-state index contributed by atoms with van der Waals surface area (Å²) in [4.78, 5) is 25.1. The first-order valence-electron chi connectivity index (χ1n) is 7.74. The Morgan fingerprint density at radius 2 is 1.96 bits per heavy atom. The van der Waals surface area contributed by atoms with Gasteiger partial charge in [0.15, 0.2) is 11.5 Å². The third-order valence-corrected chi connectivity index (χ3v) is 3.25. The molecule has 0 aliphatic rings. The molecule has 0 unspecified atom stereocenters. The van der Waals surface area contributed by atoms with Gasteiger partial charge in [0.2, 0.25) is 0 Å². The highest BCUT2D eigenvalue weighted by Crippen LogP contribution is 2.22. The predicted molar refractivity (Wildman–Crippen MR) is 94.0 cm³/mol. The van der Waals surface area contributed by atoms with Crippen LogP contribution in [0.1, 0.15) is 31.3 Å². The smallest absolute Gasteiger partial charge is 0.272 e. The largest absolute Gasteiger partial charge is 0.397 e. The molecule has 8 nitrogen and oxygen atoms in total. The minimum absolute atomic E-state index is 0.271. The predicted octanol–water partition coefficient (Wildman–Crippen LogP) is 1.83. The maximum atomic E-state index is 12.5. The Morgan fingerprint density at radius 3 is 2.56 bits per heavy atom. The Morgan fingerprint density at radius 1 is 1.16 bits per heavy atom. The highest BCUT2D eigenvalue weighted by Gasteiger charge is 2.21.